The Morgan fingerprint density at radius 3 is 2.77 bits per heavy atom. The standard InChI is InChI=1S/C18H14F2N4O2/c1-2-25-15-9-11(7-8-14(15)26-18(19)20)16-22-17-12-5-3-4-6-13(12)21-10-24(17)23-16/h3-10,18H,2H2,1H3. The van der Waals surface area contributed by atoms with E-state index in [1.165, 1.54) is 6.07 Å². The number of hydrogen-bond acceptors (Lipinski definition) is 5. The van der Waals surface area contributed by atoms with Gasteiger partial charge in [0.2, 0.25) is 0 Å². The van der Waals surface area contributed by atoms with Crippen molar-refractivity contribution in [2.75, 3.05) is 6.61 Å². The molecule has 4 aromatic rings. The highest BCUT2D eigenvalue weighted by molar-refractivity contribution is 5.91. The van der Waals surface area contributed by atoms with E-state index in [0.29, 0.717) is 23.6 Å². The molecule has 0 radical (unpaired) electrons. The molecule has 0 saturated heterocycles. The summed E-state index contributed by atoms with van der Waals surface area (Å²) in [4.78, 5) is 8.91. The number of fused-ring (bicyclic) bond motifs is 3. The number of hydrogen-bond donors (Lipinski definition) is 0. The summed E-state index contributed by atoms with van der Waals surface area (Å²) in [5.41, 5.74) is 2.11. The Labute approximate surface area is 147 Å². The van der Waals surface area contributed by atoms with Gasteiger partial charge >= 0.3 is 6.61 Å². The van der Waals surface area contributed by atoms with E-state index < -0.39 is 6.61 Å². The van der Waals surface area contributed by atoms with E-state index in [-0.39, 0.29) is 11.5 Å². The molecule has 0 saturated carbocycles. The first-order chi connectivity index (χ1) is 12.7. The molecule has 26 heavy (non-hydrogen) atoms. The van der Waals surface area contributed by atoms with Crippen LogP contribution in [-0.4, -0.2) is 32.8 Å². The second-order valence-electron chi connectivity index (χ2n) is 5.44. The van der Waals surface area contributed by atoms with Crippen molar-refractivity contribution in [3.63, 3.8) is 0 Å². The molecular formula is C18H14F2N4O2. The minimum absolute atomic E-state index is 0.0264. The van der Waals surface area contributed by atoms with Crippen molar-refractivity contribution >= 4 is 16.6 Å². The fourth-order valence-electron chi connectivity index (χ4n) is 2.71. The van der Waals surface area contributed by atoms with Crippen molar-refractivity contribution in [3.05, 3.63) is 48.8 Å². The number of rotatable bonds is 5. The number of alkyl halides is 2. The van der Waals surface area contributed by atoms with Crippen molar-refractivity contribution in [2.24, 2.45) is 0 Å². The molecule has 6 nitrogen and oxygen atoms in total. The van der Waals surface area contributed by atoms with Gasteiger partial charge in [-0.2, -0.15) is 8.78 Å². The summed E-state index contributed by atoms with van der Waals surface area (Å²) in [7, 11) is 0. The van der Waals surface area contributed by atoms with Crippen molar-refractivity contribution in [2.45, 2.75) is 13.5 Å². The van der Waals surface area contributed by atoms with Crippen LogP contribution in [0.5, 0.6) is 11.5 Å². The molecule has 0 bridgehead atoms. The van der Waals surface area contributed by atoms with Crippen LogP contribution in [0.15, 0.2) is 48.8 Å². The summed E-state index contributed by atoms with van der Waals surface area (Å²) < 4.78 is 36.6. The molecule has 0 aliphatic rings. The van der Waals surface area contributed by atoms with Crippen LogP contribution in [0.2, 0.25) is 0 Å². The highest BCUT2D eigenvalue weighted by Gasteiger charge is 2.15. The van der Waals surface area contributed by atoms with Crippen LogP contribution in [0.1, 0.15) is 6.92 Å². The molecule has 0 fully saturated rings. The third kappa shape index (κ3) is 2.90. The van der Waals surface area contributed by atoms with E-state index in [1.807, 2.05) is 24.3 Å². The van der Waals surface area contributed by atoms with Crippen LogP contribution < -0.4 is 9.47 Å². The Morgan fingerprint density at radius 1 is 1.12 bits per heavy atom. The highest BCUT2D eigenvalue weighted by Crippen LogP contribution is 2.33. The van der Waals surface area contributed by atoms with E-state index in [1.54, 1.807) is 29.9 Å². The van der Waals surface area contributed by atoms with Gasteiger partial charge in [0.15, 0.2) is 23.0 Å². The maximum Gasteiger partial charge on any atom is 0.387 e. The third-order valence-electron chi connectivity index (χ3n) is 3.80. The zero-order chi connectivity index (χ0) is 18.1. The van der Waals surface area contributed by atoms with Crippen molar-refractivity contribution in [3.8, 4) is 22.9 Å². The second-order valence-corrected chi connectivity index (χ2v) is 5.44. The molecule has 2 aromatic heterocycles. The van der Waals surface area contributed by atoms with Crippen molar-refractivity contribution in [1.82, 2.24) is 19.6 Å². The van der Waals surface area contributed by atoms with Gasteiger partial charge in [-0.15, -0.1) is 5.10 Å². The third-order valence-corrected chi connectivity index (χ3v) is 3.80. The van der Waals surface area contributed by atoms with Gasteiger partial charge in [-0.25, -0.2) is 14.5 Å². The van der Waals surface area contributed by atoms with Crippen molar-refractivity contribution < 1.29 is 18.3 Å². The largest absolute Gasteiger partial charge is 0.490 e. The average Bonchev–Trinajstić information content (AvgIpc) is 3.08. The van der Waals surface area contributed by atoms with Crippen LogP contribution in [0.25, 0.3) is 27.9 Å². The molecule has 0 aliphatic heterocycles. The van der Waals surface area contributed by atoms with Gasteiger partial charge in [0.1, 0.15) is 6.33 Å². The van der Waals surface area contributed by atoms with E-state index in [0.717, 1.165) is 10.9 Å². The quantitative estimate of drug-likeness (QED) is 0.542. The predicted molar refractivity (Wildman–Crippen MR) is 91.5 cm³/mol. The van der Waals surface area contributed by atoms with E-state index in [4.69, 9.17) is 4.74 Å². The van der Waals surface area contributed by atoms with Gasteiger partial charge in [0.25, 0.3) is 0 Å². The van der Waals surface area contributed by atoms with E-state index >= 15 is 0 Å². The first-order valence-corrected chi connectivity index (χ1v) is 7.98. The smallest absolute Gasteiger partial charge is 0.387 e. The number of para-hydroxylation sites is 1. The molecule has 2 heterocycles. The summed E-state index contributed by atoms with van der Waals surface area (Å²) in [5, 5.41) is 5.30. The summed E-state index contributed by atoms with van der Waals surface area (Å²) in [5.74, 6) is 0.626. The molecule has 0 N–H and O–H groups in total. The molecule has 0 aliphatic carbocycles. The molecule has 8 heteroatoms. The number of ether oxygens (including phenoxy) is 2. The maximum atomic E-state index is 12.5. The Balaban J connectivity index is 1.81. The molecule has 0 atom stereocenters. The van der Waals surface area contributed by atoms with Crippen LogP contribution in [-0.2, 0) is 0 Å². The number of benzene rings is 2. The maximum absolute atomic E-state index is 12.5. The molecule has 2 aromatic carbocycles. The lowest BCUT2D eigenvalue weighted by molar-refractivity contribution is -0.0514. The lowest BCUT2D eigenvalue weighted by atomic mass is 10.2. The number of nitrogens with zero attached hydrogens (tertiary/aromatic N) is 4. The second kappa shape index (κ2) is 6.55. The van der Waals surface area contributed by atoms with Crippen LogP contribution in [0.3, 0.4) is 0 Å². The Morgan fingerprint density at radius 2 is 1.96 bits per heavy atom. The Hall–Kier alpha value is -3.29. The fourth-order valence-corrected chi connectivity index (χ4v) is 2.71. The highest BCUT2D eigenvalue weighted by atomic mass is 19.3. The average molecular weight is 356 g/mol. The predicted octanol–water partition coefficient (Wildman–Crippen LogP) is 3.94. The Bertz CT molecular complexity index is 1080. The lowest BCUT2D eigenvalue weighted by Crippen LogP contribution is -2.04. The fraction of sp³-hybridized carbons (Fsp3) is 0.167. The molecule has 132 valence electrons. The molecule has 0 spiro atoms. The van der Waals surface area contributed by atoms with Crippen LogP contribution >= 0.6 is 0 Å². The van der Waals surface area contributed by atoms with E-state index in [9.17, 15) is 8.78 Å². The summed E-state index contributed by atoms with van der Waals surface area (Å²) >= 11 is 0. The Kier molecular flexibility index (Phi) is 4.08. The summed E-state index contributed by atoms with van der Waals surface area (Å²) in [6, 6.07) is 12.3. The number of halogens is 2. The minimum atomic E-state index is -2.93. The van der Waals surface area contributed by atoms with Gasteiger partial charge in [-0.3, -0.25) is 0 Å². The monoisotopic (exact) mass is 356 g/mol. The molecule has 0 amide bonds. The first-order valence-electron chi connectivity index (χ1n) is 7.98. The summed E-state index contributed by atoms with van der Waals surface area (Å²) in [6.07, 6.45) is 1.59. The van der Waals surface area contributed by atoms with Crippen molar-refractivity contribution in [1.29, 1.82) is 0 Å². The van der Waals surface area contributed by atoms with Gasteiger partial charge in [0, 0.05) is 10.9 Å². The van der Waals surface area contributed by atoms with Gasteiger partial charge in [0.05, 0.1) is 12.1 Å². The van der Waals surface area contributed by atoms with Crippen LogP contribution in [0.4, 0.5) is 8.78 Å². The zero-order valence-corrected chi connectivity index (χ0v) is 13.8. The first kappa shape index (κ1) is 16.2. The van der Waals surface area contributed by atoms with Crippen LogP contribution in [0, 0.1) is 0 Å². The number of aromatic nitrogens is 4. The van der Waals surface area contributed by atoms with Gasteiger partial charge < -0.3 is 9.47 Å². The lowest BCUT2D eigenvalue weighted by Gasteiger charge is -2.11. The summed E-state index contributed by atoms with van der Waals surface area (Å²) in [6.45, 7) is -0.846. The SMILES string of the molecule is CCOc1cc(-c2nc3c4ccccc4ncn3n2)ccc1OC(F)F. The van der Waals surface area contributed by atoms with Gasteiger partial charge in [-0.1, -0.05) is 12.1 Å². The minimum Gasteiger partial charge on any atom is -0.490 e. The molecule has 0 unspecified atom stereocenters. The van der Waals surface area contributed by atoms with Gasteiger partial charge in [-0.05, 0) is 37.3 Å². The molecular weight excluding hydrogens is 342 g/mol. The van der Waals surface area contributed by atoms with E-state index in [2.05, 4.69) is 19.8 Å². The topological polar surface area (TPSA) is 61.5 Å². The molecule has 4 rings (SSSR count). The zero-order valence-electron chi connectivity index (χ0n) is 13.8. The normalized spacial score (nSPS) is 11.4.